The third kappa shape index (κ3) is 1.42. The average Bonchev–Trinajstić information content (AvgIpc) is 2.65. The van der Waals surface area contributed by atoms with Gasteiger partial charge in [0.1, 0.15) is 0 Å². The zero-order chi connectivity index (χ0) is 7.72. The number of rotatable bonds is 3. The van der Waals surface area contributed by atoms with Crippen molar-refractivity contribution in [2.24, 2.45) is 5.92 Å². The van der Waals surface area contributed by atoms with Crippen molar-refractivity contribution in [3.8, 4) is 0 Å². The first-order chi connectivity index (χ1) is 4.63. The maximum Gasteiger partial charge on any atom is 0.171 e. The highest BCUT2D eigenvalue weighted by molar-refractivity contribution is 6.05. The van der Waals surface area contributed by atoms with Crippen LogP contribution in [0.5, 0.6) is 0 Å². The predicted octanol–water partition coefficient (Wildman–Crippen LogP) is -0.0846. The Morgan fingerprint density at radius 3 is 2.30 bits per heavy atom. The molecule has 0 bridgehead atoms. The van der Waals surface area contributed by atoms with Crippen molar-refractivity contribution in [1.29, 1.82) is 0 Å². The minimum atomic E-state index is -1.35. The third-order valence-electron chi connectivity index (χ3n) is 1.63. The van der Waals surface area contributed by atoms with Gasteiger partial charge in [0.25, 0.3) is 0 Å². The zero-order valence-electron chi connectivity index (χ0n) is 5.83. The fourth-order valence-electron chi connectivity index (χ4n) is 0.791. The molecule has 0 radical (unpaired) electrons. The lowest BCUT2D eigenvalue weighted by atomic mass is 10.1. The summed E-state index contributed by atoms with van der Waals surface area (Å²) in [6.07, 6.45) is 0.319. The predicted molar refractivity (Wildman–Crippen MR) is 34.4 cm³/mol. The second-order valence-corrected chi connectivity index (χ2v) is 2.69. The molecule has 1 atom stereocenters. The first-order valence-electron chi connectivity index (χ1n) is 3.35. The number of aliphatic hydroxyl groups is 1. The molecule has 0 heterocycles. The van der Waals surface area contributed by atoms with E-state index in [0.29, 0.717) is 0 Å². The molecule has 1 fully saturated rings. The molecular weight excluding hydrogens is 132 g/mol. The smallest absolute Gasteiger partial charge is 0.171 e. The lowest BCUT2D eigenvalue weighted by molar-refractivity contribution is -0.138. The maximum atomic E-state index is 10.9. The second-order valence-electron chi connectivity index (χ2n) is 2.69. The molecule has 0 aliphatic heterocycles. The fraction of sp³-hybridized carbons (Fsp3) is 0.714. The number of hydrogen-bond acceptors (Lipinski definition) is 3. The summed E-state index contributed by atoms with van der Waals surface area (Å²) in [7, 11) is 0. The van der Waals surface area contributed by atoms with E-state index in [-0.39, 0.29) is 11.7 Å². The molecule has 3 nitrogen and oxygen atoms in total. The van der Waals surface area contributed by atoms with E-state index in [0.717, 1.165) is 12.8 Å². The molecule has 1 rings (SSSR count). The van der Waals surface area contributed by atoms with Crippen LogP contribution >= 0.6 is 0 Å². The van der Waals surface area contributed by atoms with E-state index >= 15 is 0 Å². The van der Waals surface area contributed by atoms with Gasteiger partial charge in [-0.1, -0.05) is 0 Å². The highest BCUT2D eigenvalue weighted by atomic mass is 16.3. The quantitative estimate of drug-likeness (QED) is 0.560. The summed E-state index contributed by atoms with van der Waals surface area (Å²) in [5, 5.41) is 8.91. The molecule has 1 N–H and O–H groups in total. The van der Waals surface area contributed by atoms with Crippen LogP contribution in [0.3, 0.4) is 0 Å². The van der Waals surface area contributed by atoms with Crippen LogP contribution in [0.4, 0.5) is 0 Å². The van der Waals surface area contributed by atoms with Crippen LogP contribution in [0.1, 0.15) is 19.8 Å². The van der Waals surface area contributed by atoms with E-state index in [1.54, 1.807) is 0 Å². The van der Waals surface area contributed by atoms with E-state index in [1.807, 2.05) is 0 Å². The Morgan fingerprint density at radius 1 is 1.50 bits per heavy atom. The lowest BCUT2D eigenvalue weighted by Crippen LogP contribution is -2.28. The van der Waals surface area contributed by atoms with E-state index in [9.17, 15) is 9.59 Å². The van der Waals surface area contributed by atoms with Crippen LogP contribution in [-0.2, 0) is 9.59 Å². The highest BCUT2D eigenvalue weighted by Crippen LogP contribution is 2.30. The Bertz CT molecular complexity index is 170. The van der Waals surface area contributed by atoms with Gasteiger partial charge >= 0.3 is 0 Å². The van der Waals surface area contributed by atoms with E-state index in [1.165, 1.54) is 6.92 Å². The van der Waals surface area contributed by atoms with E-state index < -0.39 is 11.9 Å². The van der Waals surface area contributed by atoms with Crippen LogP contribution in [0.15, 0.2) is 0 Å². The number of carbonyl (C=O) groups excluding carboxylic acids is 2. The number of hydrogen-bond donors (Lipinski definition) is 1. The molecule has 3 heteroatoms. The van der Waals surface area contributed by atoms with Crippen molar-refractivity contribution in [3.63, 3.8) is 0 Å². The topological polar surface area (TPSA) is 54.4 Å². The standard InChI is InChI=1S/C7H10O3/c1-4(8)6(9)7(10)5-2-3-5/h5-6,9H,2-3H2,1H3. The molecule has 0 aromatic heterocycles. The molecule has 0 aromatic carbocycles. The Kier molecular flexibility index (Phi) is 1.85. The van der Waals surface area contributed by atoms with Gasteiger partial charge in [-0.25, -0.2) is 0 Å². The Labute approximate surface area is 59.0 Å². The molecule has 0 amide bonds. The van der Waals surface area contributed by atoms with Gasteiger partial charge in [0, 0.05) is 5.92 Å². The summed E-state index contributed by atoms with van der Waals surface area (Å²) in [6, 6.07) is 0. The van der Waals surface area contributed by atoms with Gasteiger partial charge in [0.05, 0.1) is 0 Å². The van der Waals surface area contributed by atoms with Crippen LogP contribution in [0, 0.1) is 5.92 Å². The van der Waals surface area contributed by atoms with Crippen molar-refractivity contribution in [1.82, 2.24) is 0 Å². The van der Waals surface area contributed by atoms with Crippen molar-refractivity contribution in [2.45, 2.75) is 25.9 Å². The van der Waals surface area contributed by atoms with Crippen molar-refractivity contribution in [2.75, 3.05) is 0 Å². The summed E-state index contributed by atoms with van der Waals surface area (Å²) >= 11 is 0. The van der Waals surface area contributed by atoms with Gasteiger partial charge in [-0.3, -0.25) is 9.59 Å². The Morgan fingerprint density at radius 2 is 2.00 bits per heavy atom. The monoisotopic (exact) mass is 142 g/mol. The van der Waals surface area contributed by atoms with Gasteiger partial charge in [-0.05, 0) is 19.8 Å². The van der Waals surface area contributed by atoms with Crippen LogP contribution in [-0.4, -0.2) is 22.8 Å². The molecule has 0 saturated heterocycles. The molecule has 1 aliphatic rings. The van der Waals surface area contributed by atoms with E-state index in [2.05, 4.69) is 0 Å². The summed E-state index contributed by atoms with van der Waals surface area (Å²) in [4.78, 5) is 21.3. The third-order valence-corrected chi connectivity index (χ3v) is 1.63. The van der Waals surface area contributed by atoms with Gasteiger partial charge in [-0.15, -0.1) is 0 Å². The molecule has 0 spiro atoms. The molecule has 10 heavy (non-hydrogen) atoms. The van der Waals surface area contributed by atoms with Crippen molar-refractivity contribution in [3.05, 3.63) is 0 Å². The second kappa shape index (κ2) is 2.50. The molecule has 1 unspecified atom stereocenters. The summed E-state index contributed by atoms with van der Waals surface area (Å²) in [5.74, 6) is -0.775. The summed E-state index contributed by atoms with van der Waals surface area (Å²) in [5.41, 5.74) is 0. The highest BCUT2D eigenvalue weighted by Gasteiger charge is 2.35. The van der Waals surface area contributed by atoms with Gasteiger partial charge in [0.2, 0.25) is 0 Å². The minimum Gasteiger partial charge on any atom is -0.378 e. The minimum absolute atomic E-state index is 0.0288. The number of aliphatic hydroxyl groups excluding tert-OH is 1. The molecular formula is C7H10O3. The normalized spacial score (nSPS) is 20.2. The first kappa shape index (κ1) is 7.41. The van der Waals surface area contributed by atoms with Gasteiger partial charge < -0.3 is 5.11 Å². The maximum absolute atomic E-state index is 10.9. The lowest BCUT2D eigenvalue weighted by Gasteiger charge is -2.02. The Hall–Kier alpha value is -0.700. The number of Topliss-reactive ketones (excluding diaryl/α,β-unsaturated/α-hetero) is 2. The molecule has 1 aliphatic carbocycles. The average molecular weight is 142 g/mol. The van der Waals surface area contributed by atoms with Crippen LogP contribution < -0.4 is 0 Å². The summed E-state index contributed by atoms with van der Waals surface area (Å²) in [6.45, 7) is 1.23. The molecule has 56 valence electrons. The van der Waals surface area contributed by atoms with Gasteiger partial charge in [0.15, 0.2) is 17.7 Å². The Balaban J connectivity index is 2.46. The number of ketones is 2. The van der Waals surface area contributed by atoms with Crippen molar-refractivity contribution >= 4 is 11.6 Å². The molecule has 1 saturated carbocycles. The van der Waals surface area contributed by atoms with Crippen molar-refractivity contribution < 1.29 is 14.7 Å². The van der Waals surface area contributed by atoms with E-state index in [4.69, 9.17) is 5.11 Å². The summed E-state index contributed by atoms with van der Waals surface area (Å²) < 4.78 is 0. The van der Waals surface area contributed by atoms with Crippen LogP contribution in [0.25, 0.3) is 0 Å². The first-order valence-corrected chi connectivity index (χ1v) is 3.35. The largest absolute Gasteiger partial charge is 0.378 e. The fourth-order valence-corrected chi connectivity index (χ4v) is 0.791. The van der Waals surface area contributed by atoms with Gasteiger partial charge in [-0.2, -0.15) is 0 Å². The van der Waals surface area contributed by atoms with Crippen LogP contribution in [0.2, 0.25) is 0 Å². The molecule has 0 aromatic rings. The number of carbonyl (C=O) groups is 2. The SMILES string of the molecule is CC(=O)C(O)C(=O)C1CC1. The zero-order valence-corrected chi connectivity index (χ0v) is 5.83.